The van der Waals surface area contributed by atoms with E-state index in [1.165, 1.54) is 12.8 Å². The Hall–Kier alpha value is -2.76. The normalized spacial score (nSPS) is 19.9. The standard InChI is InChI=1S/C20H22N6/c1-25(18-8-10-21-19(24-18)14-6-7-14)15-9-11-26(12-15)20-16-4-2-3-5-17(16)22-13-23-20/h2-5,8,10,13-15H,6-7,9,11-12H2,1H3. The van der Waals surface area contributed by atoms with Crippen LogP contribution in [0, 0.1) is 0 Å². The van der Waals surface area contributed by atoms with E-state index in [1.54, 1.807) is 6.33 Å². The van der Waals surface area contributed by atoms with E-state index in [0.717, 1.165) is 47.9 Å². The summed E-state index contributed by atoms with van der Waals surface area (Å²) in [6.07, 6.45) is 7.12. The first-order valence-corrected chi connectivity index (χ1v) is 9.30. The summed E-state index contributed by atoms with van der Waals surface area (Å²) in [6, 6.07) is 10.7. The van der Waals surface area contributed by atoms with E-state index < -0.39 is 0 Å². The molecule has 6 heteroatoms. The fourth-order valence-corrected chi connectivity index (χ4v) is 3.78. The van der Waals surface area contributed by atoms with Gasteiger partial charge in [-0.05, 0) is 37.5 Å². The predicted molar refractivity (Wildman–Crippen MR) is 103 cm³/mol. The summed E-state index contributed by atoms with van der Waals surface area (Å²) < 4.78 is 0. The molecular formula is C20H22N6. The number of fused-ring (bicyclic) bond motifs is 1. The Labute approximate surface area is 152 Å². The monoisotopic (exact) mass is 346 g/mol. The zero-order valence-corrected chi connectivity index (χ0v) is 14.9. The molecule has 1 atom stereocenters. The fourth-order valence-electron chi connectivity index (χ4n) is 3.78. The highest BCUT2D eigenvalue weighted by atomic mass is 15.3. The van der Waals surface area contributed by atoms with Gasteiger partial charge in [0.1, 0.15) is 23.8 Å². The van der Waals surface area contributed by atoms with Crippen molar-refractivity contribution in [3.63, 3.8) is 0 Å². The number of benzene rings is 1. The zero-order chi connectivity index (χ0) is 17.5. The SMILES string of the molecule is CN(c1ccnc(C2CC2)n1)C1CCN(c2ncnc3ccccc23)C1. The van der Waals surface area contributed by atoms with Gasteiger partial charge >= 0.3 is 0 Å². The molecule has 26 heavy (non-hydrogen) atoms. The Morgan fingerprint density at radius 3 is 2.81 bits per heavy atom. The molecule has 3 aromatic rings. The van der Waals surface area contributed by atoms with Crippen LogP contribution in [0.1, 0.15) is 31.0 Å². The number of para-hydroxylation sites is 1. The average Bonchev–Trinajstić information content (AvgIpc) is 3.44. The van der Waals surface area contributed by atoms with Crippen LogP contribution in [0.4, 0.5) is 11.6 Å². The topological polar surface area (TPSA) is 58.0 Å². The molecule has 0 N–H and O–H groups in total. The minimum atomic E-state index is 0.422. The van der Waals surface area contributed by atoms with E-state index in [9.17, 15) is 0 Å². The van der Waals surface area contributed by atoms with Crippen molar-refractivity contribution >= 4 is 22.5 Å². The van der Waals surface area contributed by atoms with Crippen LogP contribution in [0.5, 0.6) is 0 Å². The lowest BCUT2D eigenvalue weighted by atomic mass is 10.2. The van der Waals surface area contributed by atoms with Crippen LogP contribution in [0.2, 0.25) is 0 Å². The van der Waals surface area contributed by atoms with E-state index in [1.807, 2.05) is 24.4 Å². The zero-order valence-electron chi connectivity index (χ0n) is 14.9. The number of likely N-dealkylation sites (N-methyl/N-ethyl adjacent to an activating group) is 1. The number of rotatable bonds is 4. The maximum atomic E-state index is 4.80. The molecule has 1 unspecified atom stereocenters. The molecule has 0 spiro atoms. The molecule has 1 saturated heterocycles. The molecule has 132 valence electrons. The van der Waals surface area contributed by atoms with Crippen molar-refractivity contribution in [2.45, 2.75) is 31.2 Å². The van der Waals surface area contributed by atoms with Crippen molar-refractivity contribution in [3.8, 4) is 0 Å². The summed E-state index contributed by atoms with van der Waals surface area (Å²) in [5.74, 6) is 3.65. The molecule has 1 saturated carbocycles. The summed E-state index contributed by atoms with van der Waals surface area (Å²) >= 11 is 0. The van der Waals surface area contributed by atoms with Crippen molar-refractivity contribution in [3.05, 3.63) is 48.7 Å². The minimum Gasteiger partial charge on any atom is -0.355 e. The van der Waals surface area contributed by atoms with Crippen molar-refractivity contribution in [1.82, 2.24) is 19.9 Å². The van der Waals surface area contributed by atoms with E-state index in [2.05, 4.69) is 43.9 Å². The van der Waals surface area contributed by atoms with Gasteiger partial charge in [0.25, 0.3) is 0 Å². The average molecular weight is 346 g/mol. The first-order chi connectivity index (χ1) is 12.8. The van der Waals surface area contributed by atoms with Crippen LogP contribution in [-0.4, -0.2) is 46.1 Å². The van der Waals surface area contributed by atoms with Gasteiger partial charge in [0.05, 0.1) is 5.52 Å². The van der Waals surface area contributed by atoms with Gasteiger partial charge in [-0.15, -0.1) is 0 Å². The van der Waals surface area contributed by atoms with Crippen LogP contribution < -0.4 is 9.80 Å². The van der Waals surface area contributed by atoms with Crippen molar-refractivity contribution in [1.29, 1.82) is 0 Å². The Bertz CT molecular complexity index is 933. The summed E-state index contributed by atoms with van der Waals surface area (Å²) in [7, 11) is 2.14. The number of nitrogens with zero attached hydrogens (tertiary/aromatic N) is 6. The van der Waals surface area contributed by atoms with Crippen LogP contribution >= 0.6 is 0 Å². The maximum absolute atomic E-state index is 4.80. The molecule has 2 fully saturated rings. The van der Waals surface area contributed by atoms with Crippen molar-refractivity contribution in [2.24, 2.45) is 0 Å². The van der Waals surface area contributed by atoms with Crippen LogP contribution in [-0.2, 0) is 0 Å². The Kier molecular flexibility index (Phi) is 3.69. The van der Waals surface area contributed by atoms with Gasteiger partial charge in [-0.1, -0.05) is 12.1 Å². The van der Waals surface area contributed by atoms with Gasteiger partial charge in [-0.2, -0.15) is 0 Å². The molecule has 0 bridgehead atoms. The summed E-state index contributed by atoms with van der Waals surface area (Å²) in [4.78, 5) is 22.9. The van der Waals surface area contributed by atoms with E-state index in [0.29, 0.717) is 12.0 Å². The van der Waals surface area contributed by atoms with Gasteiger partial charge < -0.3 is 9.80 Å². The third-order valence-corrected chi connectivity index (χ3v) is 5.50. The summed E-state index contributed by atoms with van der Waals surface area (Å²) in [5, 5.41) is 1.12. The molecule has 2 aliphatic rings. The fraction of sp³-hybridized carbons (Fsp3) is 0.400. The minimum absolute atomic E-state index is 0.422. The first-order valence-electron chi connectivity index (χ1n) is 9.30. The van der Waals surface area contributed by atoms with Crippen molar-refractivity contribution < 1.29 is 0 Å². The Morgan fingerprint density at radius 1 is 1.04 bits per heavy atom. The van der Waals surface area contributed by atoms with E-state index in [4.69, 9.17) is 4.98 Å². The van der Waals surface area contributed by atoms with E-state index >= 15 is 0 Å². The smallest absolute Gasteiger partial charge is 0.139 e. The van der Waals surface area contributed by atoms with Crippen LogP contribution in [0.15, 0.2) is 42.9 Å². The van der Waals surface area contributed by atoms with Gasteiger partial charge in [-0.3, -0.25) is 0 Å². The molecule has 0 radical (unpaired) electrons. The lowest BCUT2D eigenvalue weighted by molar-refractivity contribution is 0.679. The number of hydrogen-bond acceptors (Lipinski definition) is 6. The lowest BCUT2D eigenvalue weighted by Gasteiger charge is -2.26. The number of hydrogen-bond donors (Lipinski definition) is 0. The van der Waals surface area contributed by atoms with Gasteiger partial charge in [0.15, 0.2) is 0 Å². The largest absolute Gasteiger partial charge is 0.355 e. The van der Waals surface area contributed by atoms with E-state index in [-0.39, 0.29) is 0 Å². The Morgan fingerprint density at radius 2 is 1.92 bits per heavy atom. The molecule has 5 rings (SSSR count). The Balaban J connectivity index is 1.37. The first kappa shape index (κ1) is 15.5. The molecule has 2 aromatic heterocycles. The molecule has 1 aromatic carbocycles. The quantitative estimate of drug-likeness (QED) is 0.724. The third-order valence-electron chi connectivity index (χ3n) is 5.50. The van der Waals surface area contributed by atoms with Gasteiger partial charge in [0.2, 0.25) is 0 Å². The highest BCUT2D eigenvalue weighted by molar-refractivity contribution is 5.89. The van der Waals surface area contributed by atoms with Crippen molar-refractivity contribution in [2.75, 3.05) is 29.9 Å². The molecule has 3 heterocycles. The van der Waals surface area contributed by atoms with Gasteiger partial charge in [-0.25, -0.2) is 19.9 Å². The number of anilines is 2. The second-order valence-electron chi connectivity index (χ2n) is 7.26. The molecular weight excluding hydrogens is 324 g/mol. The summed E-state index contributed by atoms with van der Waals surface area (Å²) in [6.45, 7) is 1.94. The summed E-state index contributed by atoms with van der Waals surface area (Å²) in [5.41, 5.74) is 0.999. The molecule has 0 amide bonds. The third kappa shape index (κ3) is 2.75. The highest BCUT2D eigenvalue weighted by Gasteiger charge is 2.30. The molecule has 1 aliphatic heterocycles. The van der Waals surface area contributed by atoms with Gasteiger partial charge in [0, 0.05) is 43.7 Å². The molecule has 6 nitrogen and oxygen atoms in total. The maximum Gasteiger partial charge on any atom is 0.139 e. The van der Waals surface area contributed by atoms with Crippen LogP contribution in [0.3, 0.4) is 0 Å². The lowest BCUT2D eigenvalue weighted by Crippen LogP contribution is -2.35. The highest BCUT2D eigenvalue weighted by Crippen LogP contribution is 2.38. The van der Waals surface area contributed by atoms with Crippen LogP contribution in [0.25, 0.3) is 10.9 Å². The molecule has 1 aliphatic carbocycles. The predicted octanol–water partition coefficient (Wildman–Crippen LogP) is 3.01. The second kappa shape index (κ2) is 6.20. The second-order valence-corrected chi connectivity index (χ2v) is 7.26. The number of aromatic nitrogens is 4.